The molecule has 7 nitrogen and oxygen atoms in total. The number of anilines is 1. The molecular weight excluding hydrogens is 320 g/mol. The fourth-order valence-electron chi connectivity index (χ4n) is 2.30. The lowest BCUT2D eigenvalue weighted by molar-refractivity contribution is 0.0827. The molecule has 2 rings (SSSR count). The van der Waals surface area contributed by atoms with Crippen LogP contribution in [0.4, 0.5) is 5.95 Å². The molecule has 0 atom stereocenters. The Bertz CT molecular complexity index is 695. The highest BCUT2D eigenvalue weighted by molar-refractivity contribution is 5.93. The molecule has 0 radical (unpaired) electrons. The molecule has 0 N–H and O–H groups in total. The number of carbonyl (C=O) groups is 1. The van der Waals surface area contributed by atoms with Gasteiger partial charge in [0.1, 0.15) is 0 Å². The van der Waals surface area contributed by atoms with Crippen molar-refractivity contribution in [2.75, 3.05) is 39.8 Å². The van der Waals surface area contributed by atoms with Gasteiger partial charge in [0, 0.05) is 32.7 Å². The van der Waals surface area contributed by atoms with Crippen molar-refractivity contribution in [1.29, 1.82) is 0 Å². The zero-order chi connectivity index (χ0) is 18.4. The van der Waals surface area contributed by atoms with Gasteiger partial charge in [0.2, 0.25) is 17.7 Å². The molecule has 1 heterocycles. The van der Waals surface area contributed by atoms with Crippen molar-refractivity contribution >= 4 is 11.9 Å². The number of nitrogens with zero attached hydrogens (tertiary/aromatic N) is 4. The van der Waals surface area contributed by atoms with Crippen molar-refractivity contribution < 1.29 is 14.3 Å². The van der Waals surface area contributed by atoms with E-state index in [1.807, 2.05) is 36.1 Å². The van der Waals surface area contributed by atoms with Crippen molar-refractivity contribution in [2.24, 2.45) is 0 Å². The number of aromatic nitrogens is 2. The first-order chi connectivity index (χ1) is 12.0. The number of rotatable bonds is 7. The number of ether oxygens (including phenoxy) is 2. The summed E-state index contributed by atoms with van der Waals surface area (Å²) < 4.78 is 10.4. The summed E-state index contributed by atoms with van der Waals surface area (Å²) in [4.78, 5) is 24.3. The van der Waals surface area contributed by atoms with Gasteiger partial charge in [-0.15, -0.1) is 0 Å². The molecule has 0 aliphatic heterocycles. The molecule has 0 spiro atoms. The first-order valence-corrected chi connectivity index (χ1v) is 8.01. The van der Waals surface area contributed by atoms with E-state index in [1.54, 1.807) is 39.3 Å². The van der Waals surface area contributed by atoms with E-state index in [0.717, 1.165) is 5.56 Å². The lowest BCUT2D eigenvalue weighted by Crippen LogP contribution is -2.25. The fourth-order valence-corrected chi connectivity index (χ4v) is 2.30. The van der Waals surface area contributed by atoms with Crippen LogP contribution in [0.2, 0.25) is 0 Å². The Labute approximate surface area is 148 Å². The molecule has 0 fully saturated rings. The SMILES string of the molecule is CCN(Cc1ccc(C(=O)N(C)C)cc1)c1nc(OC)cc(OC)n1. The van der Waals surface area contributed by atoms with E-state index in [-0.39, 0.29) is 5.91 Å². The van der Waals surface area contributed by atoms with Crippen molar-refractivity contribution in [1.82, 2.24) is 14.9 Å². The third kappa shape index (κ3) is 4.59. The van der Waals surface area contributed by atoms with Crippen LogP contribution in [0.1, 0.15) is 22.8 Å². The molecule has 0 unspecified atom stereocenters. The van der Waals surface area contributed by atoms with Gasteiger partial charge >= 0.3 is 0 Å². The minimum absolute atomic E-state index is 0.0141. The molecule has 0 bridgehead atoms. The van der Waals surface area contributed by atoms with Gasteiger partial charge in [0.15, 0.2) is 0 Å². The zero-order valence-corrected chi connectivity index (χ0v) is 15.3. The summed E-state index contributed by atoms with van der Waals surface area (Å²) in [6, 6.07) is 9.18. The maximum atomic E-state index is 12.0. The maximum absolute atomic E-state index is 12.0. The van der Waals surface area contributed by atoms with E-state index in [0.29, 0.717) is 36.4 Å². The van der Waals surface area contributed by atoms with Gasteiger partial charge in [-0.2, -0.15) is 9.97 Å². The van der Waals surface area contributed by atoms with Gasteiger partial charge in [-0.25, -0.2) is 0 Å². The van der Waals surface area contributed by atoms with Crippen LogP contribution in [0, 0.1) is 0 Å². The second-order valence-corrected chi connectivity index (χ2v) is 5.66. The largest absolute Gasteiger partial charge is 0.481 e. The van der Waals surface area contributed by atoms with E-state index in [2.05, 4.69) is 9.97 Å². The minimum Gasteiger partial charge on any atom is -0.481 e. The molecule has 1 aromatic heterocycles. The Kier molecular flexibility index (Phi) is 6.16. The molecule has 0 aliphatic rings. The van der Waals surface area contributed by atoms with Crippen molar-refractivity contribution in [2.45, 2.75) is 13.5 Å². The smallest absolute Gasteiger partial charge is 0.253 e. The monoisotopic (exact) mass is 344 g/mol. The molecule has 0 saturated heterocycles. The van der Waals surface area contributed by atoms with Crippen LogP contribution in [0.3, 0.4) is 0 Å². The molecule has 0 aliphatic carbocycles. The number of hydrogen-bond acceptors (Lipinski definition) is 6. The fraction of sp³-hybridized carbons (Fsp3) is 0.389. The van der Waals surface area contributed by atoms with Gasteiger partial charge in [0.25, 0.3) is 5.91 Å². The quantitative estimate of drug-likeness (QED) is 0.767. The minimum atomic E-state index is -0.0141. The van der Waals surface area contributed by atoms with Gasteiger partial charge in [-0.05, 0) is 24.6 Å². The number of hydrogen-bond donors (Lipinski definition) is 0. The van der Waals surface area contributed by atoms with Crippen molar-refractivity contribution in [3.63, 3.8) is 0 Å². The average molecular weight is 344 g/mol. The van der Waals surface area contributed by atoms with Gasteiger partial charge < -0.3 is 19.3 Å². The molecule has 1 amide bonds. The second kappa shape index (κ2) is 8.32. The number of benzene rings is 1. The predicted octanol–water partition coefficient (Wildman–Crippen LogP) is 2.22. The van der Waals surface area contributed by atoms with E-state index in [1.165, 1.54) is 0 Å². The van der Waals surface area contributed by atoms with Crippen LogP contribution in [-0.4, -0.2) is 55.6 Å². The summed E-state index contributed by atoms with van der Waals surface area (Å²) in [5.74, 6) is 1.42. The summed E-state index contributed by atoms with van der Waals surface area (Å²) in [7, 11) is 6.59. The van der Waals surface area contributed by atoms with Crippen LogP contribution in [-0.2, 0) is 6.54 Å². The highest BCUT2D eigenvalue weighted by Gasteiger charge is 2.13. The first kappa shape index (κ1) is 18.5. The summed E-state index contributed by atoms with van der Waals surface area (Å²) in [6.45, 7) is 3.36. The highest BCUT2D eigenvalue weighted by atomic mass is 16.5. The Balaban J connectivity index is 2.21. The van der Waals surface area contributed by atoms with Crippen LogP contribution in [0.15, 0.2) is 30.3 Å². The van der Waals surface area contributed by atoms with Gasteiger partial charge in [0.05, 0.1) is 20.3 Å². The Morgan fingerprint density at radius 3 is 2.04 bits per heavy atom. The standard InChI is InChI=1S/C18H24N4O3/c1-6-22(18-19-15(24-4)11-16(20-18)25-5)12-13-7-9-14(10-8-13)17(23)21(2)3/h7-11H,6,12H2,1-5H3. The lowest BCUT2D eigenvalue weighted by atomic mass is 10.1. The molecule has 25 heavy (non-hydrogen) atoms. The van der Waals surface area contributed by atoms with Gasteiger partial charge in [-0.1, -0.05) is 12.1 Å². The lowest BCUT2D eigenvalue weighted by Gasteiger charge is -2.22. The van der Waals surface area contributed by atoms with E-state index >= 15 is 0 Å². The average Bonchev–Trinajstić information content (AvgIpc) is 2.65. The maximum Gasteiger partial charge on any atom is 0.253 e. The van der Waals surface area contributed by atoms with Crippen LogP contribution < -0.4 is 14.4 Å². The summed E-state index contributed by atoms with van der Waals surface area (Å²) in [5, 5.41) is 0. The van der Waals surface area contributed by atoms with E-state index < -0.39 is 0 Å². The second-order valence-electron chi connectivity index (χ2n) is 5.66. The summed E-state index contributed by atoms with van der Waals surface area (Å²) in [6.07, 6.45) is 0. The predicted molar refractivity (Wildman–Crippen MR) is 96.3 cm³/mol. The molecule has 2 aromatic rings. The zero-order valence-electron chi connectivity index (χ0n) is 15.3. The summed E-state index contributed by atoms with van der Waals surface area (Å²) >= 11 is 0. The summed E-state index contributed by atoms with van der Waals surface area (Å²) in [5.41, 5.74) is 1.72. The third-order valence-corrected chi connectivity index (χ3v) is 3.73. The van der Waals surface area contributed by atoms with Crippen LogP contribution in [0.5, 0.6) is 11.8 Å². The van der Waals surface area contributed by atoms with E-state index in [9.17, 15) is 4.79 Å². The third-order valence-electron chi connectivity index (χ3n) is 3.73. The van der Waals surface area contributed by atoms with Crippen LogP contribution in [0.25, 0.3) is 0 Å². The Hall–Kier alpha value is -2.83. The normalized spacial score (nSPS) is 10.3. The van der Waals surface area contributed by atoms with Crippen molar-refractivity contribution in [3.05, 3.63) is 41.5 Å². The van der Waals surface area contributed by atoms with Crippen molar-refractivity contribution in [3.8, 4) is 11.8 Å². The molecular formula is C18H24N4O3. The topological polar surface area (TPSA) is 67.8 Å². The van der Waals surface area contributed by atoms with E-state index in [4.69, 9.17) is 9.47 Å². The number of carbonyl (C=O) groups excluding carboxylic acids is 1. The first-order valence-electron chi connectivity index (χ1n) is 8.01. The Morgan fingerprint density at radius 2 is 1.60 bits per heavy atom. The number of methoxy groups -OCH3 is 2. The van der Waals surface area contributed by atoms with Gasteiger partial charge in [-0.3, -0.25) is 4.79 Å². The highest BCUT2D eigenvalue weighted by Crippen LogP contribution is 2.21. The van der Waals surface area contributed by atoms with Crippen LogP contribution >= 0.6 is 0 Å². The Morgan fingerprint density at radius 1 is 1.04 bits per heavy atom. The molecule has 7 heteroatoms. The molecule has 134 valence electrons. The molecule has 1 aromatic carbocycles. The molecule has 0 saturated carbocycles. The number of amides is 1.